The van der Waals surface area contributed by atoms with Gasteiger partial charge in [0.1, 0.15) is 0 Å². The first kappa shape index (κ1) is 13.3. The zero-order chi connectivity index (χ0) is 12.8. The minimum Gasteiger partial charge on any atom is -0.286 e. The molecule has 0 aliphatic heterocycles. The van der Waals surface area contributed by atoms with Crippen LogP contribution in [-0.4, -0.2) is 6.04 Å². The largest absolute Gasteiger partial charge is 0.286 e. The average molecular weight is 257 g/mol. The average Bonchev–Trinajstić information content (AvgIpc) is 2.46. The zero-order valence-corrected chi connectivity index (χ0v) is 11.9. The van der Waals surface area contributed by atoms with E-state index >= 15 is 0 Å². The van der Waals surface area contributed by atoms with Gasteiger partial charge in [-0.15, -0.1) is 0 Å². The summed E-state index contributed by atoms with van der Waals surface area (Å²) in [6, 6.07) is 22.0. The lowest BCUT2D eigenvalue weighted by molar-refractivity contribution is 0.664. The summed E-state index contributed by atoms with van der Waals surface area (Å²) in [5, 5.41) is 6.54. The number of hydrogen-bond donors (Lipinski definition) is 1. The zero-order valence-electron chi connectivity index (χ0n) is 11.0. The van der Waals surface area contributed by atoms with Crippen molar-refractivity contribution in [3.8, 4) is 0 Å². The van der Waals surface area contributed by atoms with Crippen molar-refractivity contribution < 1.29 is 0 Å². The Morgan fingerprint density at radius 2 is 1.33 bits per heavy atom. The van der Waals surface area contributed by atoms with Crippen LogP contribution in [0.3, 0.4) is 0 Å². The third kappa shape index (κ3) is 3.41. The molecule has 1 N–H and O–H groups in total. The maximum absolute atomic E-state index is 3.76. The van der Waals surface area contributed by atoms with Gasteiger partial charge >= 0.3 is 0 Å². The van der Waals surface area contributed by atoms with Gasteiger partial charge in [-0.25, -0.2) is 0 Å². The van der Waals surface area contributed by atoms with E-state index < -0.39 is 8.07 Å². The van der Waals surface area contributed by atoms with Gasteiger partial charge in [0, 0.05) is 14.1 Å². The molecule has 0 fully saturated rings. The fraction of sp³-hybridized carbons (Fsp3) is 0.250. The number of hydrogen-bond acceptors (Lipinski definition) is 1. The van der Waals surface area contributed by atoms with Crippen LogP contribution in [0.2, 0.25) is 0 Å². The first-order valence-electron chi connectivity index (χ1n) is 6.47. The summed E-state index contributed by atoms with van der Waals surface area (Å²) < 4.78 is 0. The van der Waals surface area contributed by atoms with Gasteiger partial charge in [0.25, 0.3) is 0 Å². The minimum atomic E-state index is -0.446. The van der Waals surface area contributed by atoms with Crippen molar-refractivity contribution >= 4 is 18.7 Å². The Hall–Kier alpha value is -1.17. The second-order valence-corrected chi connectivity index (χ2v) is 6.41. The quantitative estimate of drug-likeness (QED) is 0.809. The van der Waals surface area contributed by atoms with Gasteiger partial charge in [-0.05, 0) is 24.0 Å². The van der Waals surface area contributed by atoms with Crippen LogP contribution in [0.25, 0.3) is 0 Å². The molecule has 2 aromatic carbocycles. The van der Waals surface area contributed by atoms with E-state index in [-0.39, 0.29) is 0 Å². The molecule has 94 valence electrons. The predicted octanol–water partition coefficient (Wildman–Crippen LogP) is 3.42. The Morgan fingerprint density at radius 3 is 1.72 bits per heavy atom. The first-order chi connectivity index (χ1) is 8.81. The van der Waals surface area contributed by atoms with Crippen LogP contribution in [0.4, 0.5) is 0 Å². The van der Waals surface area contributed by atoms with Crippen LogP contribution in [0.15, 0.2) is 60.7 Å². The van der Waals surface area contributed by atoms with Crippen molar-refractivity contribution in [2.45, 2.75) is 26.3 Å². The molecular formula is C16H20NP. The maximum atomic E-state index is 3.76. The van der Waals surface area contributed by atoms with Crippen molar-refractivity contribution in [3.63, 3.8) is 0 Å². The van der Waals surface area contributed by atoms with E-state index in [4.69, 9.17) is 0 Å². The summed E-state index contributed by atoms with van der Waals surface area (Å²) in [6.45, 7) is 4.47. The molecular weight excluding hydrogens is 237 g/mol. The molecule has 2 aromatic rings. The molecule has 0 aliphatic rings. The molecule has 0 saturated carbocycles. The highest BCUT2D eigenvalue weighted by Gasteiger charge is 2.14. The van der Waals surface area contributed by atoms with Gasteiger partial charge in [-0.1, -0.05) is 67.6 Å². The summed E-state index contributed by atoms with van der Waals surface area (Å²) in [6.07, 6.45) is 1.15. The van der Waals surface area contributed by atoms with Gasteiger partial charge < -0.3 is 0 Å². The Kier molecular flexibility index (Phi) is 4.92. The van der Waals surface area contributed by atoms with E-state index in [1.807, 2.05) is 0 Å². The fourth-order valence-corrected chi connectivity index (χ4v) is 3.92. The van der Waals surface area contributed by atoms with Gasteiger partial charge in [0.2, 0.25) is 0 Å². The van der Waals surface area contributed by atoms with E-state index in [2.05, 4.69) is 79.6 Å². The molecule has 0 aliphatic carbocycles. The molecule has 2 rings (SSSR count). The van der Waals surface area contributed by atoms with Crippen LogP contribution in [0.1, 0.15) is 20.3 Å². The second-order valence-electron chi connectivity index (χ2n) is 4.44. The van der Waals surface area contributed by atoms with E-state index in [1.165, 1.54) is 10.6 Å². The molecule has 18 heavy (non-hydrogen) atoms. The van der Waals surface area contributed by atoms with Crippen molar-refractivity contribution in [1.29, 1.82) is 0 Å². The number of nitrogens with one attached hydrogen (secondary N) is 1. The van der Waals surface area contributed by atoms with Gasteiger partial charge in [0.15, 0.2) is 0 Å². The smallest absolute Gasteiger partial charge is 0.0255 e. The highest BCUT2D eigenvalue weighted by atomic mass is 31.1. The molecule has 0 heterocycles. The first-order valence-corrected chi connectivity index (χ1v) is 7.82. The molecule has 0 amide bonds. The molecule has 0 saturated heterocycles. The number of benzene rings is 2. The Morgan fingerprint density at radius 1 is 0.889 bits per heavy atom. The van der Waals surface area contributed by atoms with Gasteiger partial charge in [-0.3, -0.25) is 5.09 Å². The van der Waals surface area contributed by atoms with Crippen molar-refractivity contribution in [2.24, 2.45) is 0 Å². The molecule has 1 unspecified atom stereocenters. The SMILES string of the molecule is CCC(C)NP(c1ccccc1)c1ccccc1. The predicted molar refractivity (Wildman–Crippen MR) is 82.0 cm³/mol. The monoisotopic (exact) mass is 257 g/mol. The normalized spacial score (nSPS) is 12.6. The summed E-state index contributed by atoms with van der Waals surface area (Å²) >= 11 is 0. The van der Waals surface area contributed by atoms with Crippen LogP contribution in [0, 0.1) is 0 Å². The Bertz CT molecular complexity index is 416. The summed E-state index contributed by atoms with van der Waals surface area (Å²) in [4.78, 5) is 0. The lowest BCUT2D eigenvalue weighted by Crippen LogP contribution is -2.29. The van der Waals surface area contributed by atoms with E-state index in [9.17, 15) is 0 Å². The van der Waals surface area contributed by atoms with Crippen molar-refractivity contribution in [2.75, 3.05) is 0 Å². The lowest BCUT2D eigenvalue weighted by Gasteiger charge is -2.23. The van der Waals surface area contributed by atoms with Crippen molar-refractivity contribution in [1.82, 2.24) is 5.09 Å². The molecule has 1 atom stereocenters. The van der Waals surface area contributed by atoms with E-state index in [1.54, 1.807) is 0 Å². The topological polar surface area (TPSA) is 12.0 Å². The summed E-state index contributed by atoms with van der Waals surface area (Å²) in [5.74, 6) is 0. The van der Waals surface area contributed by atoms with Gasteiger partial charge in [-0.2, -0.15) is 0 Å². The molecule has 0 radical (unpaired) electrons. The molecule has 0 spiro atoms. The molecule has 0 aromatic heterocycles. The minimum absolute atomic E-state index is 0.446. The summed E-state index contributed by atoms with van der Waals surface area (Å²) in [7, 11) is -0.446. The van der Waals surface area contributed by atoms with Crippen LogP contribution < -0.4 is 15.7 Å². The summed E-state index contributed by atoms with van der Waals surface area (Å²) in [5.41, 5.74) is 0. The molecule has 0 bridgehead atoms. The standard InChI is InChI=1S/C16H20NP/c1-3-14(2)17-18(15-10-6-4-7-11-15)16-12-8-5-9-13-16/h4-14,17H,3H2,1-2H3. The highest BCUT2D eigenvalue weighted by molar-refractivity contribution is 7.71. The van der Waals surface area contributed by atoms with E-state index in [0.29, 0.717) is 6.04 Å². The lowest BCUT2D eigenvalue weighted by atomic mass is 10.3. The number of rotatable bonds is 5. The van der Waals surface area contributed by atoms with Gasteiger partial charge in [0.05, 0.1) is 0 Å². The molecule has 2 heteroatoms. The third-order valence-electron chi connectivity index (χ3n) is 2.99. The second kappa shape index (κ2) is 6.68. The van der Waals surface area contributed by atoms with E-state index in [0.717, 1.165) is 6.42 Å². The van der Waals surface area contributed by atoms with Crippen LogP contribution >= 0.6 is 8.07 Å². The van der Waals surface area contributed by atoms with Crippen LogP contribution in [0.5, 0.6) is 0 Å². The Balaban J connectivity index is 2.29. The highest BCUT2D eigenvalue weighted by Crippen LogP contribution is 2.29. The third-order valence-corrected chi connectivity index (χ3v) is 5.32. The Labute approximate surface area is 111 Å². The maximum Gasteiger partial charge on any atom is 0.0255 e. The molecule has 1 nitrogen and oxygen atoms in total. The fourth-order valence-electron chi connectivity index (χ4n) is 1.76. The van der Waals surface area contributed by atoms with Crippen molar-refractivity contribution in [3.05, 3.63) is 60.7 Å². The van der Waals surface area contributed by atoms with Crippen LogP contribution in [-0.2, 0) is 0 Å².